The van der Waals surface area contributed by atoms with Gasteiger partial charge in [-0.1, -0.05) is 0 Å². The van der Waals surface area contributed by atoms with Crippen LogP contribution in [0.3, 0.4) is 0 Å². The van der Waals surface area contributed by atoms with Crippen molar-refractivity contribution in [2.45, 2.75) is 45.1 Å². The molecule has 25 heavy (non-hydrogen) atoms. The molecule has 5 nitrogen and oxygen atoms in total. The summed E-state index contributed by atoms with van der Waals surface area (Å²) in [5.41, 5.74) is -0.926. The Balaban J connectivity index is 2.21. The predicted molar refractivity (Wildman–Crippen MR) is 87.5 cm³/mol. The summed E-state index contributed by atoms with van der Waals surface area (Å²) in [4.78, 5) is 25.1. The highest BCUT2D eigenvalue weighted by atomic mass is 19.1. The number of likely N-dealkylation sites (tertiary alicyclic amines) is 1. The van der Waals surface area contributed by atoms with Crippen LogP contribution in [0.1, 0.15) is 55.5 Å². The highest BCUT2D eigenvalue weighted by Crippen LogP contribution is 2.32. The van der Waals surface area contributed by atoms with Crippen molar-refractivity contribution < 1.29 is 27.8 Å². The average Bonchev–Trinajstić information content (AvgIpc) is 2.52. The molecule has 138 valence electrons. The summed E-state index contributed by atoms with van der Waals surface area (Å²) in [6.07, 6.45) is 0.663. The van der Waals surface area contributed by atoms with Gasteiger partial charge in [-0.15, -0.1) is 0 Å². The summed E-state index contributed by atoms with van der Waals surface area (Å²) >= 11 is 0. The number of nitrogens with zero attached hydrogens (tertiary/aromatic N) is 1. The van der Waals surface area contributed by atoms with E-state index in [1.54, 1.807) is 20.8 Å². The lowest BCUT2D eigenvalue weighted by Crippen LogP contribution is -2.42. The number of esters is 1. The molecule has 1 amide bonds. The Hall–Kier alpha value is -2.18. The zero-order chi connectivity index (χ0) is 18.8. The molecule has 7 heteroatoms. The van der Waals surface area contributed by atoms with Gasteiger partial charge in [0.15, 0.2) is 0 Å². The summed E-state index contributed by atoms with van der Waals surface area (Å²) in [6, 6.07) is 1.94. The first-order chi connectivity index (χ1) is 11.6. The number of carbonyl (C=O) groups excluding carboxylic acids is 2. The number of benzene rings is 1. The molecule has 0 N–H and O–H groups in total. The van der Waals surface area contributed by atoms with Crippen molar-refractivity contribution in [3.8, 4) is 0 Å². The second-order valence-corrected chi connectivity index (χ2v) is 7.11. The van der Waals surface area contributed by atoms with Gasteiger partial charge in [-0.25, -0.2) is 18.4 Å². The first kappa shape index (κ1) is 19.1. The molecular weight excluding hydrogens is 332 g/mol. The van der Waals surface area contributed by atoms with Crippen LogP contribution < -0.4 is 0 Å². The minimum absolute atomic E-state index is 0.110. The van der Waals surface area contributed by atoms with Crippen LogP contribution in [0.2, 0.25) is 0 Å². The number of halogens is 2. The first-order valence-electron chi connectivity index (χ1n) is 8.17. The van der Waals surface area contributed by atoms with Crippen LogP contribution in [0.4, 0.5) is 13.6 Å². The van der Waals surface area contributed by atoms with Crippen molar-refractivity contribution in [3.63, 3.8) is 0 Å². The molecule has 1 aliphatic rings. The van der Waals surface area contributed by atoms with Crippen LogP contribution in [0, 0.1) is 11.6 Å². The fourth-order valence-corrected chi connectivity index (χ4v) is 2.92. The second-order valence-electron chi connectivity index (χ2n) is 7.11. The van der Waals surface area contributed by atoms with Gasteiger partial charge in [0.1, 0.15) is 17.2 Å². The van der Waals surface area contributed by atoms with E-state index in [0.717, 1.165) is 19.2 Å². The van der Waals surface area contributed by atoms with Crippen LogP contribution in [0.5, 0.6) is 0 Å². The van der Waals surface area contributed by atoms with Crippen LogP contribution in [-0.4, -0.2) is 42.8 Å². The minimum atomic E-state index is -0.809. The fraction of sp³-hybridized carbons (Fsp3) is 0.556. The summed E-state index contributed by atoms with van der Waals surface area (Å²) in [6.45, 7) is 5.93. The number of rotatable bonds is 2. The van der Waals surface area contributed by atoms with Crippen molar-refractivity contribution in [1.82, 2.24) is 4.90 Å². The first-order valence-corrected chi connectivity index (χ1v) is 8.17. The van der Waals surface area contributed by atoms with Gasteiger partial charge < -0.3 is 14.4 Å². The Morgan fingerprint density at radius 2 is 1.80 bits per heavy atom. The second kappa shape index (κ2) is 7.37. The van der Waals surface area contributed by atoms with Crippen LogP contribution in [-0.2, 0) is 9.47 Å². The van der Waals surface area contributed by atoms with Crippen molar-refractivity contribution in [1.29, 1.82) is 0 Å². The number of hydrogen-bond acceptors (Lipinski definition) is 4. The maximum absolute atomic E-state index is 14.4. The van der Waals surface area contributed by atoms with E-state index in [2.05, 4.69) is 4.74 Å². The van der Waals surface area contributed by atoms with Gasteiger partial charge in [-0.2, -0.15) is 0 Å². The maximum Gasteiger partial charge on any atom is 0.410 e. The summed E-state index contributed by atoms with van der Waals surface area (Å²) in [7, 11) is 1.14. The maximum atomic E-state index is 14.4. The molecule has 0 aromatic heterocycles. The van der Waals surface area contributed by atoms with Gasteiger partial charge in [0.2, 0.25) is 0 Å². The van der Waals surface area contributed by atoms with Crippen molar-refractivity contribution in [3.05, 3.63) is 34.9 Å². The standard InChI is InChI=1S/C18H23F2NO4/c1-18(2,3)25-17(23)21-7-5-6-11(10-21)15-13(19)8-12(9-14(15)20)16(22)24-4/h8-9,11H,5-7,10H2,1-4H3. The Labute approximate surface area is 145 Å². The summed E-state index contributed by atoms with van der Waals surface area (Å²) < 4.78 is 38.6. The van der Waals surface area contributed by atoms with Gasteiger partial charge in [0.25, 0.3) is 0 Å². The molecule has 0 bridgehead atoms. The molecule has 1 aromatic carbocycles. The quantitative estimate of drug-likeness (QED) is 0.756. The van der Waals surface area contributed by atoms with E-state index in [1.807, 2.05) is 0 Å². The smallest absolute Gasteiger partial charge is 0.410 e. The Kier molecular flexibility index (Phi) is 5.65. The molecule has 1 atom stereocenters. The summed E-state index contributed by atoms with van der Waals surface area (Å²) in [5.74, 6) is -2.91. The number of amides is 1. The minimum Gasteiger partial charge on any atom is -0.465 e. The van der Waals surface area contributed by atoms with E-state index in [0.29, 0.717) is 19.4 Å². The number of ether oxygens (including phenoxy) is 2. The highest BCUT2D eigenvalue weighted by molar-refractivity contribution is 5.89. The summed E-state index contributed by atoms with van der Waals surface area (Å²) in [5, 5.41) is 0. The lowest BCUT2D eigenvalue weighted by molar-refractivity contribution is 0.0196. The third-order valence-corrected chi connectivity index (χ3v) is 3.98. The number of piperidine rings is 1. The monoisotopic (exact) mass is 355 g/mol. The number of carbonyl (C=O) groups is 2. The molecule has 0 aliphatic carbocycles. The zero-order valence-corrected chi connectivity index (χ0v) is 14.9. The van der Waals surface area contributed by atoms with Gasteiger partial charge in [0.05, 0.1) is 12.7 Å². The van der Waals surface area contributed by atoms with Gasteiger partial charge >= 0.3 is 12.1 Å². The predicted octanol–water partition coefficient (Wildman–Crippen LogP) is 3.87. The van der Waals surface area contributed by atoms with E-state index >= 15 is 0 Å². The van der Waals surface area contributed by atoms with Crippen molar-refractivity contribution in [2.75, 3.05) is 20.2 Å². The molecule has 1 unspecified atom stereocenters. The van der Waals surface area contributed by atoms with Crippen LogP contribution >= 0.6 is 0 Å². The molecular formula is C18H23F2NO4. The van der Waals surface area contributed by atoms with Crippen molar-refractivity contribution >= 4 is 12.1 Å². The third-order valence-electron chi connectivity index (χ3n) is 3.98. The molecule has 1 aromatic rings. The molecule has 1 fully saturated rings. The van der Waals surface area contributed by atoms with E-state index in [4.69, 9.17) is 4.74 Å². The molecule has 0 saturated carbocycles. The molecule has 0 spiro atoms. The lowest BCUT2D eigenvalue weighted by Gasteiger charge is -2.34. The normalized spacial score (nSPS) is 18.0. The largest absolute Gasteiger partial charge is 0.465 e. The van der Waals surface area contributed by atoms with E-state index in [1.165, 1.54) is 4.90 Å². The van der Waals surface area contributed by atoms with E-state index < -0.39 is 35.2 Å². The van der Waals surface area contributed by atoms with Crippen molar-refractivity contribution in [2.24, 2.45) is 0 Å². The molecule has 1 aliphatic heterocycles. The Morgan fingerprint density at radius 1 is 1.20 bits per heavy atom. The number of hydrogen-bond donors (Lipinski definition) is 0. The van der Waals surface area contributed by atoms with Gasteiger partial charge in [0, 0.05) is 24.6 Å². The van der Waals surface area contributed by atoms with Crippen LogP contribution in [0.25, 0.3) is 0 Å². The lowest BCUT2D eigenvalue weighted by atomic mass is 9.89. The SMILES string of the molecule is COC(=O)c1cc(F)c(C2CCCN(C(=O)OC(C)(C)C)C2)c(F)c1. The highest BCUT2D eigenvalue weighted by Gasteiger charge is 2.31. The third kappa shape index (κ3) is 4.67. The molecule has 1 heterocycles. The Morgan fingerprint density at radius 3 is 2.32 bits per heavy atom. The topological polar surface area (TPSA) is 55.8 Å². The fourth-order valence-electron chi connectivity index (χ4n) is 2.92. The van der Waals surface area contributed by atoms with Gasteiger partial charge in [-0.05, 0) is 45.7 Å². The number of methoxy groups -OCH3 is 1. The average molecular weight is 355 g/mol. The molecule has 2 rings (SSSR count). The Bertz CT molecular complexity index is 647. The van der Waals surface area contributed by atoms with Gasteiger partial charge in [-0.3, -0.25) is 0 Å². The van der Waals surface area contributed by atoms with E-state index in [9.17, 15) is 18.4 Å². The molecule has 0 radical (unpaired) electrons. The zero-order valence-electron chi connectivity index (χ0n) is 14.9. The molecule has 1 saturated heterocycles. The van der Waals surface area contributed by atoms with Crippen LogP contribution in [0.15, 0.2) is 12.1 Å². The van der Waals surface area contributed by atoms with E-state index in [-0.39, 0.29) is 17.7 Å².